The summed E-state index contributed by atoms with van der Waals surface area (Å²) in [5, 5.41) is 13.6. The van der Waals surface area contributed by atoms with Crippen molar-refractivity contribution < 1.29 is 5.11 Å². The first-order valence-electron chi connectivity index (χ1n) is 10.3. The van der Waals surface area contributed by atoms with E-state index in [2.05, 4.69) is 31.8 Å². The number of hydrogen-bond donors (Lipinski definition) is 2. The van der Waals surface area contributed by atoms with E-state index >= 15 is 0 Å². The van der Waals surface area contributed by atoms with Gasteiger partial charge in [-0.1, -0.05) is 12.1 Å². The molecule has 156 valence electrons. The molecule has 8 heteroatoms. The average molecular weight is 500 g/mol. The van der Waals surface area contributed by atoms with Crippen molar-refractivity contribution in [1.29, 1.82) is 0 Å². The third-order valence-corrected chi connectivity index (χ3v) is 5.98. The van der Waals surface area contributed by atoms with Crippen LogP contribution in [0.3, 0.4) is 0 Å². The highest BCUT2D eigenvalue weighted by Crippen LogP contribution is 2.27. The zero-order chi connectivity index (χ0) is 18.6. The molecule has 0 aliphatic carbocycles. The lowest BCUT2D eigenvalue weighted by Crippen LogP contribution is -2.62. The topological polar surface area (TPSA) is 57.6 Å². The summed E-state index contributed by atoms with van der Waals surface area (Å²) in [5.41, 5.74) is 0.930. The van der Waals surface area contributed by atoms with Gasteiger partial charge in [0.25, 0.3) is 0 Å². The van der Waals surface area contributed by atoms with E-state index in [0.29, 0.717) is 11.8 Å². The predicted octanol–water partition coefficient (Wildman–Crippen LogP) is 1.10. The van der Waals surface area contributed by atoms with Crippen LogP contribution in [0.5, 0.6) is 5.75 Å². The molecule has 2 N–H and O–H groups in total. The standard InChI is InChI=1S/C20H32N6O.HI/c1-2-21-20(22-15-17-16-23-7-9-24(17)10-8-23)26-13-11-25(12-14-26)18-5-3-4-6-19(18)27;/h3-6,17,27H,2,7-16H2,1H3,(H,21,22);1H. The van der Waals surface area contributed by atoms with E-state index in [1.807, 2.05) is 18.2 Å². The van der Waals surface area contributed by atoms with Gasteiger partial charge in [-0.25, -0.2) is 0 Å². The number of phenols is 1. The monoisotopic (exact) mass is 500 g/mol. The number of phenolic OH excluding ortho intramolecular Hbond substituents is 1. The highest BCUT2D eigenvalue weighted by atomic mass is 127. The lowest BCUT2D eigenvalue weighted by atomic mass is 10.1. The maximum Gasteiger partial charge on any atom is 0.194 e. The largest absolute Gasteiger partial charge is 0.506 e. The van der Waals surface area contributed by atoms with E-state index < -0.39 is 0 Å². The second-order valence-electron chi connectivity index (χ2n) is 7.65. The number of benzene rings is 1. The number of piperazine rings is 4. The van der Waals surface area contributed by atoms with Gasteiger partial charge in [-0.3, -0.25) is 14.8 Å². The fourth-order valence-corrected chi connectivity index (χ4v) is 4.41. The van der Waals surface area contributed by atoms with Crippen LogP contribution in [0.4, 0.5) is 5.69 Å². The lowest BCUT2D eigenvalue weighted by Gasteiger charge is -2.47. The molecule has 0 amide bonds. The minimum absolute atomic E-state index is 0. The maximum atomic E-state index is 10.1. The van der Waals surface area contributed by atoms with Crippen LogP contribution >= 0.6 is 24.0 Å². The third kappa shape index (κ3) is 4.83. The molecule has 28 heavy (non-hydrogen) atoms. The molecule has 4 fully saturated rings. The van der Waals surface area contributed by atoms with Crippen molar-refractivity contribution in [2.24, 2.45) is 4.99 Å². The quantitative estimate of drug-likeness (QED) is 0.367. The van der Waals surface area contributed by atoms with Gasteiger partial charge in [-0.2, -0.15) is 0 Å². The highest BCUT2D eigenvalue weighted by Gasteiger charge is 2.31. The van der Waals surface area contributed by atoms with Gasteiger partial charge in [0, 0.05) is 71.5 Å². The Labute approximate surface area is 185 Å². The first kappa shape index (κ1) is 21.4. The first-order valence-corrected chi connectivity index (χ1v) is 10.3. The normalized spacial score (nSPS) is 27.5. The fraction of sp³-hybridized carbons (Fsp3) is 0.650. The van der Waals surface area contributed by atoms with E-state index in [9.17, 15) is 5.11 Å². The lowest BCUT2D eigenvalue weighted by molar-refractivity contribution is 0.0173. The molecular formula is C20H33IN6O. The summed E-state index contributed by atoms with van der Waals surface area (Å²) in [5.74, 6) is 1.40. The minimum atomic E-state index is 0. The van der Waals surface area contributed by atoms with Crippen molar-refractivity contribution in [3.05, 3.63) is 24.3 Å². The summed E-state index contributed by atoms with van der Waals surface area (Å²) >= 11 is 0. The smallest absolute Gasteiger partial charge is 0.194 e. The van der Waals surface area contributed by atoms with Crippen molar-refractivity contribution in [2.75, 3.05) is 76.9 Å². The molecule has 1 unspecified atom stereocenters. The molecule has 2 bridgehead atoms. The molecule has 7 nitrogen and oxygen atoms in total. The summed E-state index contributed by atoms with van der Waals surface area (Å²) in [7, 11) is 0. The number of para-hydroxylation sites is 2. The molecule has 1 atom stereocenters. The molecule has 4 aliphatic rings. The van der Waals surface area contributed by atoms with Crippen LogP contribution in [0.1, 0.15) is 6.92 Å². The molecule has 4 saturated heterocycles. The van der Waals surface area contributed by atoms with E-state index in [1.54, 1.807) is 6.07 Å². The van der Waals surface area contributed by atoms with Crippen molar-refractivity contribution in [1.82, 2.24) is 20.0 Å². The van der Waals surface area contributed by atoms with E-state index in [4.69, 9.17) is 4.99 Å². The number of aliphatic imine (C=N–C) groups is 1. The Morgan fingerprint density at radius 3 is 2.39 bits per heavy atom. The van der Waals surface area contributed by atoms with E-state index in [-0.39, 0.29) is 24.0 Å². The first-order chi connectivity index (χ1) is 13.2. The van der Waals surface area contributed by atoms with Crippen molar-refractivity contribution in [2.45, 2.75) is 13.0 Å². The minimum Gasteiger partial charge on any atom is -0.506 e. The number of guanidine groups is 1. The molecule has 0 aromatic heterocycles. The molecule has 4 heterocycles. The SMILES string of the molecule is CCNC(=NCC1CN2CCN1CC2)N1CCN(c2ccccc2O)CC1.I. The van der Waals surface area contributed by atoms with Gasteiger partial charge in [0.15, 0.2) is 5.96 Å². The summed E-state index contributed by atoms with van der Waals surface area (Å²) in [4.78, 5) is 14.8. The highest BCUT2D eigenvalue weighted by molar-refractivity contribution is 14.0. The molecule has 1 aromatic rings. The second kappa shape index (κ2) is 9.98. The molecule has 0 saturated carbocycles. The Morgan fingerprint density at radius 1 is 1.07 bits per heavy atom. The number of rotatable bonds is 4. The Kier molecular flexibility index (Phi) is 7.64. The summed E-state index contributed by atoms with van der Waals surface area (Å²) in [6.07, 6.45) is 0. The summed E-state index contributed by atoms with van der Waals surface area (Å²) in [6, 6.07) is 8.16. The summed E-state index contributed by atoms with van der Waals surface area (Å²) < 4.78 is 0. The number of halogens is 1. The molecular weight excluding hydrogens is 467 g/mol. The van der Waals surface area contributed by atoms with Gasteiger partial charge in [-0.05, 0) is 19.1 Å². The second-order valence-corrected chi connectivity index (χ2v) is 7.65. The van der Waals surface area contributed by atoms with Crippen LogP contribution in [0.25, 0.3) is 0 Å². The van der Waals surface area contributed by atoms with Gasteiger partial charge in [-0.15, -0.1) is 24.0 Å². The number of nitrogens with one attached hydrogen (secondary N) is 1. The van der Waals surface area contributed by atoms with Gasteiger partial charge in [0.1, 0.15) is 5.75 Å². The number of aromatic hydroxyl groups is 1. The molecule has 0 radical (unpaired) electrons. The number of hydrogen-bond acceptors (Lipinski definition) is 5. The van der Waals surface area contributed by atoms with E-state index in [0.717, 1.165) is 57.5 Å². The predicted molar refractivity (Wildman–Crippen MR) is 125 cm³/mol. The Hall–Kier alpha value is -1.26. The fourth-order valence-electron chi connectivity index (χ4n) is 4.41. The van der Waals surface area contributed by atoms with Crippen LogP contribution in [-0.2, 0) is 0 Å². The number of fused-ring (bicyclic) bond motifs is 3. The van der Waals surface area contributed by atoms with Crippen LogP contribution in [-0.4, -0.2) is 104 Å². The van der Waals surface area contributed by atoms with Gasteiger partial charge in [0.05, 0.1) is 12.2 Å². The van der Waals surface area contributed by atoms with Crippen LogP contribution < -0.4 is 10.2 Å². The van der Waals surface area contributed by atoms with Gasteiger partial charge < -0.3 is 20.2 Å². The van der Waals surface area contributed by atoms with Crippen LogP contribution in [0.15, 0.2) is 29.3 Å². The Bertz CT molecular complexity index is 656. The zero-order valence-electron chi connectivity index (χ0n) is 16.8. The summed E-state index contributed by atoms with van der Waals surface area (Å²) in [6.45, 7) is 13.5. The molecule has 5 rings (SSSR count). The van der Waals surface area contributed by atoms with Crippen LogP contribution in [0.2, 0.25) is 0 Å². The van der Waals surface area contributed by atoms with Crippen molar-refractivity contribution >= 4 is 35.6 Å². The average Bonchev–Trinajstić information content (AvgIpc) is 2.73. The van der Waals surface area contributed by atoms with Gasteiger partial charge >= 0.3 is 0 Å². The number of anilines is 1. The number of nitrogens with zero attached hydrogens (tertiary/aromatic N) is 5. The zero-order valence-corrected chi connectivity index (χ0v) is 19.1. The van der Waals surface area contributed by atoms with E-state index in [1.165, 1.54) is 26.2 Å². The third-order valence-electron chi connectivity index (χ3n) is 5.98. The van der Waals surface area contributed by atoms with Crippen LogP contribution in [0, 0.1) is 0 Å². The van der Waals surface area contributed by atoms with Crippen molar-refractivity contribution in [3.63, 3.8) is 0 Å². The Balaban J connectivity index is 0.00000225. The maximum absolute atomic E-state index is 10.1. The van der Waals surface area contributed by atoms with Crippen molar-refractivity contribution in [3.8, 4) is 5.75 Å². The molecule has 0 spiro atoms. The molecule has 4 aliphatic heterocycles. The van der Waals surface area contributed by atoms with Gasteiger partial charge in [0.2, 0.25) is 0 Å². The molecule has 1 aromatic carbocycles. The Morgan fingerprint density at radius 2 is 1.79 bits per heavy atom.